The molecule has 2 N–H and O–H groups in total. The van der Waals surface area contributed by atoms with Gasteiger partial charge in [-0.05, 0) is 35.9 Å². The third-order valence-corrected chi connectivity index (χ3v) is 3.60. The fourth-order valence-electron chi connectivity index (χ4n) is 2.35. The van der Waals surface area contributed by atoms with Gasteiger partial charge in [0.1, 0.15) is 5.82 Å². The zero-order valence-electron chi connectivity index (χ0n) is 14.2. The minimum absolute atomic E-state index is 0.552. The van der Waals surface area contributed by atoms with Crippen molar-refractivity contribution in [1.82, 2.24) is 9.97 Å². The van der Waals surface area contributed by atoms with Gasteiger partial charge in [-0.2, -0.15) is 4.98 Å². The smallest absolute Gasteiger partial charge is 0.224 e. The summed E-state index contributed by atoms with van der Waals surface area (Å²) in [4.78, 5) is 8.72. The van der Waals surface area contributed by atoms with Crippen LogP contribution >= 0.6 is 0 Å². The second-order valence-electron chi connectivity index (χ2n) is 5.30. The monoisotopic (exact) mass is 336 g/mol. The highest BCUT2D eigenvalue weighted by Gasteiger charge is 2.05. The predicted octanol–water partition coefficient (Wildman–Crippen LogP) is 3.85. The zero-order valence-corrected chi connectivity index (χ0v) is 14.2. The fraction of sp³-hybridized carbons (Fsp3) is 0.158. The highest BCUT2D eigenvalue weighted by atomic mass is 16.5. The summed E-state index contributed by atoms with van der Waals surface area (Å²) in [6, 6.07) is 17.5. The van der Waals surface area contributed by atoms with Crippen molar-refractivity contribution < 1.29 is 9.47 Å². The lowest BCUT2D eigenvalue weighted by Gasteiger charge is -2.11. The standard InChI is InChI=1S/C19H20N4O2/c1-24-16-9-8-14(12-17(16)25-2)13-21-19-20-11-10-18(23-19)22-15-6-4-3-5-7-15/h3-12H,13H2,1-2H3,(H2,20,21,22,23). The van der Waals surface area contributed by atoms with E-state index in [4.69, 9.17) is 9.47 Å². The fourth-order valence-corrected chi connectivity index (χ4v) is 2.35. The average molecular weight is 336 g/mol. The predicted molar refractivity (Wildman–Crippen MR) is 98.6 cm³/mol. The van der Waals surface area contributed by atoms with Gasteiger partial charge in [0.25, 0.3) is 0 Å². The van der Waals surface area contributed by atoms with Crippen molar-refractivity contribution in [1.29, 1.82) is 0 Å². The Morgan fingerprint density at radius 1 is 0.920 bits per heavy atom. The number of methoxy groups -OCH3 is 2. The molecule has 0 atom stereocenters. The van der Waals surface area contributed by atoms with Crippen LogP contribution in [0, 0.1) is 0 Å². The molecule has 2 aromatic carbocycles. The number of hydrogen-bond acceptors (Lipinski definition) is 6. The number of rotatable bonds is 7. The first-order valence-electron chi connectivity index (χ1n) is 7.88. The summed E-state index contributed by atoms with van der Waals surface area (Å²) >= 11 is 0. The van der Waals surface area contributed by atoms with Gasteiger partial charge in [-0.3, -0.25) is 0 Å². The molecule has 0 fully saturated rings. The minimum Gasteiger partial charge on any atom is -0.493 e. The van der Waals surface area contributed by atoms with Crippen LogP contribution in [0.1, 0.15) is 5.56 Å². The Labute approximate surface area is 146 Å². The molecule has 3 aromatic rings. The van der Waals surface area contributed by atoms with E-state index in [1.165, 1.54) is 0 Å². The number of benzene rings is 2. The van der Waals surface area contributed by atoms with Gasteiger partial charge in [0.05, 0.1) is 14.2 Å². The molecule has 0 saturated heterocycles. The quantitative estimate of drug-likeness (QED) is 0.683. The second-order valence-corrected chi connectivity index (χ2v) is 5.30. The third kappa shape index (κ3) is 4.38. The van der Waals surface area contributed by atoms with Crippen molar-refractivity contribution >= 4 is 17.5 Å². The van der Waals surface area contributed by atoms with Crippen molar-refractivity contribution in [3.8, 4) is 11.5 Å². The molecule has 0 aliphatic heterocycles. The highest BCUT2D eigenvalue weighted by molar-refractivity contribution is 5.56. The minimum atomic E-state index is 0.552. The Balaban J connectivity index is 1.66. The van der Waals surface area contributed by atoms with Crippen LogP contribution in [-0.4, -0.2) is 24.2 Å². The lowest BCUT2D eigenvalue weighted by atomic mass is 10.2. The van der Waals surface area contributed by atoms with E-state index < -0.39 is 0 Å². The lowest BCUT2D eigenvalue weighted by Crippen LogP contribution is -2.05. The number of para-hydroxylation sites is 1. The number of ether oxygens (including phenoxy) is 2. The van der Waals surface area contributed by atoms with Crippen molar-refractivity contribution in [2.24, 2.45) is 0 Å². The first kappa shape index (κ1) is 16.6. The number of hydrogen-bond donors (Lipinski definition) is 2. The molecule has 0 spiro atoms. The molecule has 1 heterocycles. The van der Waals surface area contributed by atoms with Gasteiger partial charge < -0.3 is 20.1 Å². The molecule has 0 aliphatic rings. The number of nitrogens with zero attached hydrogens (tertiary/aromatic N) is 2. The number of anilines is 3. The molecule has 6 nitrogen and oxygen atoms in total. The molecular weight excluding hydrogens is 316 g/mol. The van der Waals surface area contributed by atoms with Gasteiger partial charge in [0.2, 0.25) is 5.95 Å². The second kappa shape index (κ2) is 8.01. The summed E-state index contributed by atoms with van der Waals surface area (Å²) in [5, 5.41) is 6.47. The van der Waals surface area contributed by atoms with Crippen molar-refractivity contribution in [2.45, 2.75) is 6.54 Å². The van der Waals surface area contributed by atoms with Crippen LogP contribution in [-0.2, 0) is 6.54 Å². The van der Waals surface area contributed by atoms with Crippen LogP contribution in [0.3, 0.4) is 0 Å². The van der Waals surface area contributed by atoms with E-state index in [0.717, 1.165) is 17.1 Å². The van der Waals surface area contributed by atoms with Gasteiger partial charge in [-0.25, -0.2) is 4.98 Å². The van der Waals surface area contributed by atoms with Crippen LogP contribution < -0.4 is 20.1 Å². The summed E-state index contributed by atoms with van der Waals surface area (Å²) < 4.78 is 10.6. The van der Waals surface area contributed by atoms with Crippen LogP contribution in [0.25, 0.3) is 0 Å². The number of aromatic nitrogens is 2. The molecule has 128 valence electrons. The maximum Gasteiger partial charge on any atom is 0.224 e. The van der Waals surface area contributed by atoms with Gasteiger partial charge >= 0.3 is 0 Å². The topological polar surface area (TPSA) is 68.3 Å². The van der Waals surface area contributed by atoms with E-state index >= 15 is 0 Å². The summed E-state index contributed by atoms with van der Waals surface area (Å²) in [5.41, 5.74) is 2.02. The van der Waals surface area contributed by atoms with Crippen LogP contribution in [0.15, 0.2) is 60.8 Å². The van der Waals surface area contributed by atoms with E-state index in [1.54, 1.807) is 20.4 Å². The zero-order chi connectivity index (χ0) is 17.5. The molecule has 0 aliphatic carbocycles. The molecule has 0 amide bonds. The first-order chi connectivity index (χ1) is 12.3. The Morgan fingerprint density at radius 2 is 1.72 bits per heavy atom. The van der Waals surface area contributed by atoms with Crippen molar-refractivity contribution in [3.05, 3.63) is 66.4 Å². The molecule has 0 unspecified atom stereocenters. The summed E-state index contributed by atoms with van der Waals surface area (Å²) in [6.07, 6.45) is 1.72. The Hall–Kier alpha value is -3.28. The van der Waals surface area contributed by atoms with E-state index in [9.17, 15) is 0 Å². The van der Waals surface area contributed by atoms with Crippen LogP contribution in [0.4, 0.5) is 17.5 Å². The average Bonchev–Trinajstić information content (AvgIpc) is 2.67. The third-order valence-electron chi connectivity index (χ3n) is 3.60. The van der Waals surface area contributed by atoms with Gasteiger partial charge in [-0.15, -0.1) is 0 Å². The summed E-state index contributed by atoms with van der Waals surface area (Å²) in [6.45, 7) is 0.579. The van der Waals surface area contributed by atoms with Crippen LogP contribution in [0.2, 0.25) is 0 Å². The largest absolute Gasteiger partial charge is 0.493 e. The maximum atomic E-state index is 5.32. The molecule has 25 heavy (non-hydrogen) atoms. The van der Waals surface area contributed by atoms with E-state index in [2.05, 4.69) is 20.6 Å². The van der Waals surface area contributed by atoms with E-state index in [1.807, 2.05) is 54.6 Å². The van der Waals surface area contributed by atoms with Crippen molar-refractivity contribution in [3.63, 3.8) is 0 Å². The summed E-state index contributed by atoms with van der Waals surface area (Å²) in [5.74, 6) is 2.69. The van der Waals surface area contributed by atoms with Gasteiger partial charge in [0.15, 0.2) is 11.5 Å². The SMILES string of the molecule is COc1ccc(CNc2nccc(Nc3ccccc3)n2)cc1OC. The molecule has 0 saturated carbocycles. The Morgan fingerprint density at radius 3 is 2.48 bits per heavy atom. The lowest BCUT2D eigenvalue weighted by molar-refractivity contribution is 0.354. The highest BCUT2D eigenvalue weighted by Crippen LogP contribution is 2.27. The van der Waals surface area contributed by atoms with Crippen LogP contribution in [0.5, 0.6) is 11.5 Å². The maximum absolute atomic E-state index is 5.32. The molecule has 1 aromatic heterocycles. The molecule has 6 heteroatoms. The van der Waals surface area contributed by atoms with Gasteiger partial charge in [0, 0.05) is 18.4 Å². The van der Waals surface area contributed by atoms with E-state index in [0.29, 0.717) is 24.0 Å². The molecule has 3 rings (SSSR count). The Bertz CT molecular complexity index is 825. The van der Waals surface area contributed by atoms with Crippen molar-refractivity contribution in [2.75, 3.05) is 24.9 Å². The normalized spacial score (nSPS) is 10.2. The van der Waals surface area contributed by atoms with Gasteiger partial charge in [-0.1, -0.05) is 24.3 Å². The first-order valence-corrected chi connectivity index (χ1v) is 7.88. The molecular formula is C19H20N4O2. The summed E-state index contributed by atoms with van der Waals surface area (Å²) in [7, 11) is 3.24. The number of nitrogens with one attached hydrogen (secondary N) is 2. The molecule has 0 bridgehead atoms. The Kier molecular flexibility index (Phi) is 5.31. The molecule has 0 radical (unpaired) electrons. The van der Waals surface area contributed by atoms with E-state index in [-0.39, 0.29) is 0 Å².